The van der Waals surface area contributed by atoms with Crippen LogP contribution in [0.5, 0.6) is 0 Å². The van der Waals surface area contributed by atoms with Crippen LogP contribution < -0.4 is 4.90 Å². The predicted octanol–water partition coefficient (Wildman–Crippen LogP) is 3.11. The monoisotopic (exact) mass is 370 g/mol. The average Bonchev–Trinajstić information content (AvgIpc) is 3.19. The number of anilines is 1. The van der Waals surface area contributed by atoms with E-state index in [1.165, 1.54) is 5.56 Å². The fourth-order valence-electron chi connectivity index (χ4n) is 3.45. The molecule has 2 aromatic heterocycles. The molecule has 6 nitrogen and oxygen atoms in total. The third kappa shape index (κ3) is 1.77. The van der Waals surface area contributed by atoms with Gasteiger partial charge in [-0.15, -0.1) is 0 Å². The van der Waals surface area contributed by atoms with Crippen molar-refractivity contribution in [2.24, 2.45) is 0 Å². The lowest BCUT2D eigenvalue weighted by atomic mass is 10.1. The molecular weight excluding hydrogens is 360 g/mol. The van der Waals surface area contributed by atoms with Gasteiger partial charge in [-0.05, 0) is 33.1 Å². The fraction of sp³-hybridized carbons (Fsp3) is 0.188. The smallest absolute Gasteiger partial charge is 0.416 e. The van der Waals surface area contributed by atoms with E-state index in [-0.39, 0.29) is 18.2 Å². The highest BCUT2D eigenvalue weighted by molar-refractivity contribution is 9.10. The van der Waals surface area contributed by atoms with E-state index in [4.69, 9.17) is 4.74 Å². The minimum atomic E-state index is -0.345. The third-order valence-electron chi connectivity index (χ3n) is 4.43. The number of hydrogen-bond donors (Lipinski definition) is 0. The molecule has 0 bridgehead atoms. The third-order valence-corrected chi connectivity index (χ3v) is 4.99. The second kappa shape index (κ2) is 4.55. The molecule has 3 aromatic rings. The summed E-state index contributed by atoms with van der Waals surface area (Å²) in [6, 6.07) is 9.82. The Morgan fingerprint density at radius 1 is 1.26 bits per heavy atom. The molecule has 1 aromatic carbocycles. The molecule has 3 heterocycles. The number of nitrogens with zero attached hydrogens (tertiary/aromatic N) is 4. The molecule has 7 heteroatoms. The van der Waals surface area contributed by atoms with Crippen molar-refractivity contribution in [2.75, 3.05) is 4.90 Å². The molecule has 1 saturated heterocycles. The molecule has 23 heavy (non-hydrogen) atoms. The van der Waals surface area contributed by atoms with Gasteiger partial charge in [0, 0.05) is 12.6 Å². The first-order valence-electron chi connectivity index (χ1n) is 7.30. The van der Waals surface area contributed by atoms with Crippen LogP contribution in [0, 0.1) is 0 Å². The van der Waals surface area contributed by atoms with Gasteiger partial charge in [-0.2, -0.15) is 5.10 Å². The molecule has 1 aliphatic carbocycles. The van der Waals surface area contributed by atoms with Crippen molar-refractivity contribution in [1.29, 1.82) is 0 Å². The van der Waals surface area contributed by atoms with Crippen molar-refractivity contribution in [3.05, 3.63) is 58.3 Å². The Bertz CT molecular complexity index is 954. The Balaban J connectivity index is 1.66. The summed E-state index contributed by atoms with van der Waals surface area (Å²) in [5.41, 5.74) is 3.04. The van der Waals surface area contributed by atoms with Crippen LogP contribution in [0.2, 0.25) is 0 Å². The van der Waals surface area contributed by atoms with Crippen LogP contribution >= 0.6 is 15.9 Å². The van der Waals surface area contributed by atoms with E-state index in [1.807, 2.05) is 12.1 Å². The first-order valence-corrected chi connectivity index (χ1v) is 8.09. The van der Waals surface area contributed by atoms with Gasteiger partial charge in [-0.1, -0.05) is 24.3 Å². The molecule has 1 fully saturated rings. The van der Waals surface area contributed by atoms with E-state index in [0.29, 0.717) is 11.5 Å². The van der Waals surface area contributed by atoms with Crippen LogP contribution in [-0.2, 0) is 11.2 Å². The van der Waals surface area contributed by atoms with Crippen molar-refractivity contribution < 1.29 is 9.53 Å². The summed E-state index contributed by atoms with van der Waals surface area (Å²) >= 11 is 3.43. The summed E-state index contributed by atoms with van der Waals surface area (Å²) in [4.78, 5) is 18.6. The van der Waals surface area contributed by atoms with Crippen molar-refractivity contribution >= 4 is 33.5 Å². The van der Waals surface area contributed by atoms with Gasteiger partial charge in [0.25, 0.3) is 0 Å². The number of carbonyl (C=O) groups is 1. The van der Waals surface area contributed by atoms with Crippen LogP contribution in [0.4, 0.5) is 10.6 Å². The molecule has 114 valence electrons. The van der Waals surface area contributed by atoms with E-state index in [9.17, 15) is 4.79 Å². The average molecular weight is 371 g/mol. The number of fused-ring (bicyclic) bond motifs is 4. The first kappa shape index (κ1) is 13.1. The van der Waals surface area contributed by atoms with E-state index in [0.717, 1.165) is 16.5 Å². The van der Waals surface area contributed by atoms with E-state index < -0.39 is 0 Å². The van der Waals surface area contributed by atoms with Crippen molar-refractivity contribution in [3.8, 4) is 0 Å². The van der Waals surface area contributed by atoms with Crippen LogP contribution in [-0.4, -0.2) is 26.8 Å². The van der Waals surface area contributed by atoms with Crippen molar-refractivity contribution in [2.45, 2.75) is 18.6 Å². The maximum Gasteiger partial charge on any atom is 0.416 e. The quantitative estimate of drug-likeness (QED) is 0.660. The number of benzene rings is 1. The Labute approximate surface area is 139 Å². The highest BCUT2D eigenvalue weighted by Crippen LogP contribution is 2.44. The standard InChI is InChI=1S/C16H11BrN4O2/c17-11-8-18-20-6-5-13(19-15(11)20)21-14-10-4-2-1-3-9(10)7-12(14)23-16(21)22/h1-6,8,12,14H,7H2/t12-,14+/m1/s1. The molecule has 0 unspecified atom stereocenters. The SMILES string of the molecule is O=C1O[C@@H]2Cc3ccccc3[C@@H]2N1c1ccn2ncc(Br)c2n1. The number of amides is 1. The zero-order valence-electron chi connectivity index (χ0n) is 11.9. The van der Waals surface area contributed by atoms with Gasteiger partial charge in [0.15, 0.2) is 5.65 Å². The van der Waals surface area contributed by atoms with E-state index in [2.05, 4.69) is 38.1 Å². The van der Waals surface area contributed by atoms with Gasteiger partial charge in [-0.25, -0.2) is 14.3 Å². The molecule has 0 N–H and O–H groups in total. The van der Waals surface area contributed by atoms with Gasteiger partial charge in [-0.3, -0.25) is 4.90 Å². The Morgan fingerprint density at radius 2 is 2.13 bits per heavy atom. The maximum atomic E-state index is 12.4. The number of ether oxygens (including phenoxy) is 1. The fourth-order valence-corrected chi connectivity index (χ4v) is 3.81. The summed E-state index contributed by atoms with van der Waals surface area (Å²) in [6.07, 6.45) is 3.74. The van der Waals surface area contributed by atoms with E-state index >= 15 is 0 Å². The Morgan fingerprint density at radius 3 is 3.04 bits per heavy atom. The van der Waals surface area contributed by atoms with Gasteiger partial charge in [0.05, 0.1) is 10.7 Å². The normalized spacial score (nSPS) is 22.3. The topological polar surface area (TPSA) is 59.7 Å². The number of aromatic nitrogens is 3. The maximum absolute atomic E-state index is 12.4. The van der Waals surface area contributed by atoms with Gasteiger partial charge in [0.2, 0.25) is 0 Å². The number of carbonyl (C=O) groups excluding carboxylic acids is 1. The van der Waals surface area contributed by atoms with Crippen LogP contribution in [0.3, 0.4) is 0 Å². The molecular formula is C16H11BrN4O2. The van der Waals surface area contributed by atoms with Gasteiger partial charge >= 0.3 is 6.09 Å². The second-order valence-electron chi connectivity index (χ2n) is 5.69. The molecule has 0 spiro atoms. The summed E-state index contributed by atoms with van der Waals surface area (Å²) in [6.45, 7) is 0. The van der Waals surface area contributed by atoms with Crippen molar-refractivity contribution in [1.82, 2.24) is 14.6 Å². The molecule has 2 aliphatic rings. The number of rotatable bonds is 1. The number of halogens is 1. The zero-order valence-corrected chi connectivity index (χ0v) is 13.5. The van der Waals surface area contributed by atoms with Crippen LogP contribution in [0.15, 0.2) is 47.2 Å². The first-order chi connectivity index (χ1) is 11.2. The predicted molar refractivity (Wildman–Crippen MR) is 86.3 cm³/mol. The Hall–Kier alpha value is -2.41. The van der Waals surface area contributed by atoms with Gasteiger partial charge < -0.3 is 4.74 Å². The minimum absolute atomic E-state index is 0.115. The molecule has 1 aliphatic heterocycles. The van der Waals surface area contributed by atoms with E-state index in [1.54, 1.807) is 27.9 Å². The molecule has 2 atom stereocenters. The lowest BCUT2D eigenvalue weighted by Gasteiger charge is -2.20. The highest BCUT2D eigenvalue weighted by atomic mass is 79.9. The van der Waals surface area contributed by atoms with Gasteiger partial charge in [0.1, 0.15) is 18.0 Å². The summed E-state index contributed by atoms with van der Waals surface area (Å²) in [5, 5.41) is 4.18. The summed E-state index contributed by atoms with van der Waals surface area (Å²) < 4.78 is 8.02. The van der Waals surface area contributed by atoms with Crippen LogP contribution in [0.25, 0.3) is 5.65 Å². The lowest BCUT2D eigenvalue weighted by Crippen LogP contribution is -2.28. The molecule has 0 saturated carbocycles. The molecule has 5 rings (SSSR count). The summed E-state index contributed by atoms with van der Waals surface area (Å²) in [5.74, 6) is 0.577. The minimum Gasteiger partial charge on any atom is -0.443 e. The summed E-state index contributed by atoms with van der Waals surface area (Å²) in [7, 11) is 0. The largest absolute Gasteiger partial charge is 0.443 e. The van der Waals surface area contributed by atoms with Crippen LogP contribution in [0.1, 0.15) is 17.2 Å². The zero-order chi connectivity index (χ0) is 15.6. The second-order valence-corrected chi connectivity index (χ2v) is 6.54. The molecule has 0 radical (unpaired) electrons. The molecule has 1 amide bonds. The number of hydrogen-bond acceptors (Lipinski definition) is 4. The highest BCUT2D eigenvalue weighted by Gasteiger charge is 2.48. The lowest BCUT2D eigenvalue weighted by molar-refractivity contribution is 0.137. The van der Waals surface area contributed by atoms with Crippen molar-refractivity contribution in [3.63, 3.8) is 0 Å². The Kier molecular flexibility index (Phi) is 2.58.